The van der Waals surface area contributed by atoms with Crippen LogP contribution in [0.1, 0.15) is 77.0 Å². The minimum atomic E-state index is -0.616. The summed E-state index contributed by atoms with van der Waals surface area (Å²) in [5.74, 6) is 0.729. The first-order chi connectivity index (χ1) is 10.2. The number of nitrogens with zero attached hydrogens (tertiary/aromatic N) is 1. The molecule has 0 atom stereocenters. The van der Waals surface area contributed by atoms with E-state index in [9.17, 15) is 4.79 Å². The van der Waals surface area contributed by atoms with Gasteiger partial charge >= 0.3 is 0 Å². The number of oxime groups is 1. The molecule has 0 unspecified atom stereocenters. The number of nitrogens with two attached hydrogens (primary N) is 1. The van der Waals surface area contributed by atoms with E-state index in [1.807, 2.05) is 0 Å². The Morgan fingerprint density at radius 2 is 1.67 bits per heavy atom. The maximum Gasteiger partial charge on any atom is 0.221 e. The number of amides is 1. The molecule has 1 amide bonds. The highest BCUT2D eigenvalue weighted by molar-refractivity contribution is 5.94. The highest BCUT2D eigenvalue weighted by Crippen LogP contribution is 2.30. The summed E-state index contributed by atoms with van der Waals surface area (Å²) < 4.78 is 0. The molecule has 2 aliphatic rings. The first-order valence-electron chi connectivity index (χ1n) is 8.45. The lowest BCUT2D eigenvalue weighted by Crippen LogP contribution is -2.58. The van der Waals surface area contributed by atoms with E-state index in [2.05, 4.69) is 10.5 Å². The van der Waals surface area contributed by atoms with E-state index in [1.165, 1.54) is 25.7 Å². The molecule has 21 heavy (non-hydrogen) atoms. The molecule has 120 valence electrons. The summed E-state index contributed by atoms with van der Waals surface area (Å²) in [6.45, 7) is 0. The number of carbonyl (C=O) groups is 1. The van der Waals surface area contributed by atoms with Gasteiger partial charge in [-0.15, -0.1) is 0 Å². The van der Waals surface area contributed by atoms with Crippen molar-refractivity contribution in [1.29, 1.82) is 0 Å². The van der Waals surface area contributed by atoms with E-state index < -0.39 is 5.54 Å². The molecule has 5 nitrogen and oxygen atoms in total. The number of rotatable bonds is 4. The monoisotopic (exact) mass is 295 g/mol. The third-order valence-electron chi connectivity index (χ3n) is 5.13. The average Bonchev–Trinajstić information content (AvgIpc) is 2.75. The molecule has 0 aromatic rings. The molecule has 0 aromatic carbocycles. The van der Waals surface area contributed by atoms with Gasteiger partial charge in [0.2, 0.25) is 5.91 Å². The van der Waals surface area contributed by atoms with E-state index in [0.29, 0.717) is 12.3 Å². The minimum Gasteiger partial charge on any atom is -0.409 e. The van der Waals surface area contributed by atoms with Crippen molar-refractivity contribution in [3.8, 4) is 0 Å². The van der Waals surface area contributed by atoms with Crippen LogP contribution >= 0.6 is 0 Å². The quantitative estimate of drug-likeness (QED) is 0.245. The predicted octanol–water partition coefficient (Wildman–Crippen LogP) is 2.91. The van der Waals surface area contributed by atoms with Gasteiger partial charge < -0.3 is 16.3 Å². The summed E-state index contributed by atoms with van der Waals surface area (Å²) in [4.78, 5) is 12.4. The van der Waals surface area contributed by atoms with Crippen LogP contribution in [0, 0.1) is 5.92 Å². The van der Waals surface area contributed by atoms with E-state index >= 15 is 0 Å². The Hall–Kier alpha value is -1.26. The van der Waals surface area contributed by atoms with Gasteiger partial charge in [-0.3, -0.25) is 4.79 Å². The lowest BCUT2D eigenvalue weighted by molar-refractivity contribution is -0.123. The highest BCUT2D eigenvalue weighted by atomic mass is 16.4. The third-order valence-corrected chi connectivity index (χ3v) is 5.13. The summed E-state index contributed by atoms with van der Waals surface area (Å²) in [5.41, 5.74) is 5.26. The molecule has 2 rings (SSSR count). The first kappa shape index (κ1) is 16.1. The van der Waals surface area contributed by atoms with Crippen molar-refractivity contribution >= 4 is 11.7 Å². The zero-order valence-electron chi connectivity index (χ0n) is 12.9. The van der Waals surface area contributed by atoms with Crippen molar-refractivity contribution in [3.63, 3.8) is 0 Å². The van der Waals surface area contributed by atoms with Crippen molar-refractivity contribution in [3.05, 3.63) is 0 Å². The normalized spacial score (nSPS) is 24.3. The van der Waals surface area contributed by atoms with E-state index in [1.54, 1.807) is 0 Å². The van der Waals surface area contributed by atoms with Crippen LogP contribution in [0.25, 0.3) is 0 Å². The first-order valence-corrected chi connectivity index (χ1v) is 8.45. The maximum atomic E-state index is 12.4. The maximum absolute atomic E-state index is 12.4. The molecule has 0 saturated heterocycles. The number of hydrogen-bond donors (Lipinski definition) is 3. The zero-order valence-corrected chi connectivity index (χ0v) is 12.9. The van der Waals surface area contributed by atoms with Gasteiger partial charge in [0.15, 0.2) is 5.84 Å². The van der Waals surface area contributed by atoms with E-state index in [-0.39, 0.29) is 11.7 Å². The summed E-state index contributed by atoms with van der Waals surface area (Å²) >= 11 is 0. The molecule has 0 aliphatic heterocycles. The van der Waals surface area contributed by atoms with Gasteiger partial charge in [0.05, 0.1) is 0 Å². The van der Waals surface area contributed by atoms with Crippen LogP contribution in [0.4, 0.5) is 0 Å². The van der Waals surface area contributed by atoms with Crippen LogP contribution in [0.5, 0.6) is 0 Å². The second kappa shape index (κ2) is 7.66. The van der Waals surface area contributed by atoms with Gasteiger partial charge in [-0.1, -0.05) is 50.1 Å². The molecular formula is C16H29N3O2. The van der Waals surface area contributed by atoms with Crippen LogP contribution in [-0.4, -0.2) is 22.5 Å². The van der Waals surface area contributed by atoms with Gasteiger partial charge in [0.25, 0.3) is 0 Å². The van der Waals surface area contributed by atoms with Crippen molar-refractivity contribution in [2.75, 3.05) is 0 Å². The molecule has 2 aliphatic carbocycles. The molecule has 0 spiro atoms. The lowest BCUT2D eigenvalue weighted by atomic mass is 9.80. The topological polar surface area (TPSA) is 87.7 Å². The second-order valence-electron chi connectivity index (χ2n) is 6.74. The fraction of sp³-hybridized carbons (Fsp3) is 0.875. The van der Waals surface area contributed by atoms with E-state index in [0.717, 1.165) is 44.9 Å². The minimum absolute atomic E-state index is 0.0652. The average molecular weight is 295 g/mol. The zero-order chi connectivity index (χ0) is 15.1. The molecule has 0 aromatic heterocycles. The van der Waals surface area contributed by atoms with Gasteiger partial charge in [0, 0.05) is 6.42 Å². The standard InChI is InChI=1S/C16H29N3O2/c17-15(19-21)16(10-6-3-7-11-16)18-14(20)12-13-8-4-1-2-5-9-13/h13,21H,1-12H2,(H2,17,19)(H,18,20). The van der Waals surface area contributed by atoms with Crippen LogP contribution in [-0.2, 0) is 4.79 Å². The largest absolute Gasteiger partial charge is 0.409 e. The van der Waals surface area contributed by atoms with Gasteiger partial charge in [-0.05, 0) is 31.6 Å². The third kappa shape index (κ3) is 4.35. The molecule has 0 bridgehead atoms. The Bertz CT molecular complexity index is 368. The number of amidine groups is 1. The Labute approximate surface area is 127 Å². The van der Waals surface area contributed by atoms with Gasteiger partial charge in [0.1, 0.15) is 5.54 Å². The van der Waals surface area contributed by atoms with Crippen molar-refractivity contribution < 1.29 is 10.0 Å². The van der Waals surface area contributed by atoms with Crippen molar-refractivity contribution in [2.45, 2.75) is 82.6 Å². The Balaban J connectivity index is 1.94. The Kier molecular flexibility index (Phi) is 5.88. The van der Waals surface area contributed by atoms with E-state index in [4.69, 9.17) is 10.9 Å². The van der Waals surface area contributed by atoms with Gasteiger partial charge in [-0.2, -0.15) is 0 Å². The molecule has 0 heterocycles. The summed E-state index contributed by atoms with van der Waals surface area (Å²) in [7, 11) is 0. The summed E-state index contributed by atoms with van der Waals surface area (Å²) in [5, 5.41) is 15.3. The van der Waals surface area contributed by atoms with Crippen LogP contribution in [0.3, 0.4) is 0 Å². The molecule has 5 heteroatoms. The predicted molar refractivity (Wildman–Crippen MR) is 83.2 cm³/mol. The molecule has 2 fully saturated rings. The van der Waals surface area contributed by atoms with Crippen LogP contribution in [0.15, 0.2) is 5.16 Å². The highest BCUT2D eigenvalue weighted by Gasteiger charge is 2.38. The SMILES string of the molecule is NC(=NO)C1(NC(=O)CC2CCCCCC2)CCCCC1. The van der Waals surface area contributed by atoms with Crippen molar-refractivity contribution in [1.82, 2.24) is 5.32 Å². The second-order valence-corrected chi connectivity index (χ2v) is 6.74. The Morgan fingerprint density at radius 3 is 2.24 bits per heavy atom. The van der Waals surface area contributed by atoms with Crippen LogP contribution in [0.2, 0.25) is 0 Å². The fourth-order valence-corrected chi connectivity index (χ4v) is 3.84. The fourth-order valence-electron chi connectivity index (χ4n) is 3.84. The van der Waals surface area contributed by atoms with Crippen molar-refractivity contribution in [2.24, 2.45) is 16.8 Å². The molecule has 4 N–H and O–H groups in total. The Morgan fingerprint density at radius 1 is 1.10 bits per heavy atom. The number of nitrogens with one attached hydrogen (secondary N) is 1. The summed E-state index contributed by atoms with van der Waals surface area (Å²) in [6, 6.07) is 0. The molecule has 0 radical (unpaired) electrons. The lowest BCUT2D eigenvalue weighted by Gasteiger charge is -2.37. The smallest absolute Gasteiger partial charge is 0.221 e. The molecular weight excluding hydrogens is 266 g/mol. The van der Waals surface area contributed by atoms with Crippen LogP contribution < -0.4 is 11.1 Å². The number of hydrogen-bond acceptors (Lipinski definition) is 3. The van der Waals surface area contributed by atoms with Gasteiger partial charge in [-0.25, -0.2) is 0 Å². The number of carbonyl (C=O) groups excluding carboxylic acids is 1. The summed E-state index contributed by atoms with van der Waals surface area (Å²) in [6.07, 6.45) is 12.7. The molecule has 2 saturated carbocycles.